The second-order valence-corrected chi connectivity index (χ2v) is 6.14. The van der Waals surface area contributed by atoms with E-state index in [9.17, 15) is 4.79 Å². The van der Waals surface area contributed by atoms with E-state index < -0.39 is 0 Å². The van der Waals surface area contributed by atoms with Crippen molar-refractivity contribution in [3.63, 3.8) is 0 Å². The van der Waals surface area contributed by atoms with Crippen LogP contribution >= 0.6 is 0 Å². The molecule has 1 fully saturated rings. The summed E-state index contributed by atoms with van der Waals surface area (Å²) in [7, 11) is 0. The Hall–Kier alpha value is -2.21. The van der Waals surface area contributed by atoms with Crippen molar-refractivity contribution in [3.05, 3.63) is 30.4 Å². The molecule has 6 nitrogen and oxygen atoms in total. The number of hydrogen-bond acceptors (Lipinski definition) is 4. The number of benzene rings is 1. The molecule has 0 atom stereocenters. The number of quaternary nitrogens is 1. The van der Waals surface area contributed by atoms with Crippen molar-refractivity contribution in [3.8, 4) is 17.2 Å². The standard InChI is InChI=1S/C20H30N2O4/c1-5-9-21-10-12-22(13-11-21)20(23)16-14-17(24-6-2)19(26-8-4)18(15-16)25-7-3/h5,14-15H,1,6-13H2,2-4H3/p+1. The maximum absolute atomic E-state index is 13.0. The van der Waals surface area contributed by atoms with E-state index in [2.05, 4.69) is 6.58 Å². The number of nitrogens with one attached hydrogen (secondary N) is 1. The number of hydrogen-bond donors (Lipinski definition) is 1. The van der Waals surface area contributed by atoms with Crippen LogP contribution in [0.4, 0.5) is 0 Å². The average Bonchev–Trinajstić information content (AvgIpc) is 2.65. The lowest BCUT2D eigenvalue weighted by atomic mass is 10.1. The van der Waals surface area contributed by atoms with E-state index in [1.807, 2.05) is 31.7 Å². The van der Waals surface area contributed by atoms with Crippen molar-refractivity contribution in [2.24, 2.45) is 0 Å². The third kappa shape index (κ3) is 4.91. The first-order chi connectivity index (χ1) is 12.6. The molecule has 1 aromatic carbocycles. The van der Waals surface area contributed by atoms with Gasteiger partial charge in [0.2, 0.25) is 5.75 Å². The highest BCUT2D eigenvalue weighted by molar-refractivity contribution is 5.95. The van der Waals surface area contributed by atoms with Crippen LogP contribution in [-0.2, 0) is 0 Å². The van der Waals surface area contributed by atoms with Gasteiger partial charge in [-0.3, -0.25) is 4.79 Å². The Morgan fingerprint density at radius 3 is 2.08 bits per heavy atom. The first-order valence-corrected chi connectivity index (χ1v) is 9.44. The van der Waals surface area contributed by atoms with E-state index in [0.29, 0.717) is 42.6 Å². The average molecular weight is 363 g/mol. The molecule has 1 aliphatic rings. The molecule has 0 aliphatic carbocycles. The van der Waals surface area contributed by atoms with Gasteiger partial charge in [-0.1, -0.05) is 6.58 Å². The van der Waals surface area contributed by atoms with Crippen LogP contribution in [0.5, 0.6) is 17.2 Å². The molecule has 0 saturated carbocycles. The van der Waals surface area contributed by atoms with E-state index in [0.717, 1.165) is 32.7 Å². The van der Waals surface area contributed by atoms with Crippen molar-refractivity contribution in [1.29, 1.82) is 0 Å². The van der Waals surface area contributed by atoms with Crippen LogP contribution < -0.4 is 19.1 Å². The van der Waals surface area contributed by atoms with Gasteiger partial charge in [-0.05, 0) is 39.0 Å². The topological polar surface area (TPSA) is 52.4 Å². The summed E-state index contributed by atoms with van der Waals surface area (Å²) >= 11 is 0. The highest BCUT2D eigenvalue weighted by atomic mass is 16.5. The van der Waals surface area contributed by atoms with Gasteiger partial charge in [-0.2, -0.15) is 0 Å². The van der Waals surface area contributed by atoms with Crippen LogP contribution in [0.1, 0.15) is 31.1 Å². The normalized spacial score (nSPS) is 14.8. The van der Waals surface area contributed by atoms with Gasteiger partial charge >= 0.3 is 0 Å². The van der Waals surface area contributed by atoms with E-state index in [1.165, 1.54) is 4.90 Å². The molecular formula is C20H31N2O4+. The van der Waals surface area contributed by atoms with Gasteiger partial charge in [0.1, 0.15) is 0 Å². The molecule has 6 heteroatoms. The van der Waals surface area contributed by atoms with Crippen molar-refractivity contribution in [1.82, 2.24) is 4.90 Å². The molecule has 1 aliphatic heterocycles. The first-order valence-electron chi connectivity index (χ1n) is 9.44. The fraction of sp³-hybridized carbons (Fsp3) is 0.550. The number of carbonyl (C=O) groups is 1. The predicted octanol–water partition coefficient (Wildman–Crippen LogP) is 1.41. The predicted molar refractivity (Wildman–Crippen MR) is 102 cm³/mol. The molecule has 0 unspecified atom stereocenters. The van der Waals surface area contributed by atoms with Crippen LogP contribution in [0.25, 0.3) is 0 Å². The molecule has 26 heavy (non-hydrogen) atoms. The lowest BCUT2D eigenvalue weighted by Crippen LogP contribution is -3.14. The second kappa shape index (κ2) is 10.1. The van der Waals surface area contributed by atoms with Crippen LogP contribution in [0.15, 0.2) is 24.8 Å². The molecule has 1 saturated heterocycles. The highest BCUT2D eigenvalue weighted by Gasteiger charge is 2.26. The Balaban J connectivity index is 2.24. The zero-order valence-corrected chi connectivity index (χ0v) is 16.2. The number of ether oxygens (including phenoxy) is 3. The summed E-state index contributed by atoms with van der Waals surface area (Å²) in [6.07, 6.45) is 1.93. The molecule has 0 bridgehead atoms. The van der Waals surface area contributed by atoms with Crippen molar-refractivity contribution >= 4 is 5.91 Å². The van der Waals surface area contributed by atoms with E-state index >= 15 is 0 Å². The third-order valence-corrected chi connectivity index (χ3v) is 4.35. The molecule has 0 radical (unpaired) electrons. The van der Waals surface area contributed by atoms with Gasteiger partial charge < -0.3 is 24.0 Å². The summed E-state index contributed by atoms with van der Waals surface area (Å²) < 4.78 is 17.1. The molecular weight excluding hydrogens is 332 g/mol. The summed E-state index contributed by atoms with van der Waals surface area (Å²) in [5.41, 5.74) is 0.576. The summed E-state index contributed by atoms with van der Waals surface area (Å²) in [4.78, 5) is 16.3. The molecule has 1 aromatic rings. The SMILES string of the molecule is C=CC[NH+]1CCN(C(=O)c2cc(OCC)c(OCC)c(OCC)c2)CC1. The van der Waals surface area contributed by atoms with E-state index in [-0.39, 0.29) is 5.91 Å². The van der Waals surface area contributed by atoms with Crippen LogP contribution in [0, 0.1) is 0 Å². The summed E-state index contributed by atoms with van der Waals surface area (Å²) in [5.74, 6) is 1.68. The van der Waals surface area contributed by atoms with Crippen LogP contribution in [0.2, 0.25) is 0 Å². The zero-order valence-electron chi connectivity index (χ0n) is 16.2. The number of carbonyl (C=O) groups excluding carboxylic acids is 1. The van der Waals surface area contributed by atoms with Gasteiger partial charge in [0.25, 0.3) is 5.91 Å². The molecule has 144 valence electrons. The Kier molecular flexibility index (Phi) is 7.78. The summed E-state index contributed by atoms with van der Waals surface area (Å²) in [5, 5.41) is 0. The molecule has 0 aromatic heterocycles. The molecule has 2 rings (SSSR count). The summed E-state index contributed by atoms with van der Waals surface area (Å²) in [6.45, 7) is 15.3. The van der Waals surface area contributed by atoms with Gasteiger partial charge in [-0.15, -0.1) is 0 Å². The smallest absolute Gasteiger partial charge is 0.254 e. The highest BCUT2D eigenvalue weighted by Crippen LogP contribution is 2.39. The van der Waals surface area contributed by atoms with E-state index in [4.69, 9.17) is 14.2 Å². The maximum atomic E-state index is 13.0. The Labute approximate surface area is 156 Å². The second-order valence-electron chi connectivity index (χ2n) is 6.14. The molecule has 1 heterocycles. The minimum absolute atomic E-state index is 0.00704. The van der Waals surface area contributed by atoms with Crippen molar-refractivity contribution in [2.75, 3.05) is 52.5 Å². The number of amides is 1. The monoisotopic (exact) mass is 363 g/mol. The number of rotatable bonds is 9. The lowest BCUT2D eigenvalue weighted by molar-refractivity contribution is -0.898. The maximum Gasteiger partial charge on any atom is 0.254 e. The summed E-state index contributed by atoms with van der Waals surface area (Å²) in [6, 6.07) is 3.53. The van der Waals surface area contributed by atoms with Crippen LogP contribution in [0.3, 0.4) is 0 Å². The fourth-order valence-corrected chi connectivity index (χ4v) is 3.13. The number of nitrogens with zero attached hydrogens (tertiary/aromatic N) is 1. The van der Waals surface area contributed by atoms with E-state index in [1.54, 1.807) is 12.1 Å². The van der Waals surface area contributed by atoms with Gasteiger partial charge in [0.15, 0.2) is 11.5 Å². The zero-order chi connectivity index (χ0) is 18.9. The minimum Gasteiger partial charge on any atom is -0.490 e. The largest absolute Gasteiger partial charge is 0.490 e. The fourth-order valence-electron chi connectivity index (χ4n) is 3.13. The minimum atomic E-state index is 0.00704. The third-order valence-electron chi connectivity index (χ3n) is 4.35. The number of piperazine rings is 1. The first kappa shape index (κ1) is 20.1. The Bertz CT molecular complexity index is 583. The Morgan fingerprint density at radius 2 is 1.62 bits per heavy atom. The molecule has 1 N–H and O–H groups in total. The lowest BCUT2D eigenvalue weighted by Gasteiger charge is -2.32. The van der Waals surface area contributed by atoms with Gasteiger partial charge in [0.05, 0.1) is 52.5 Å². The van der Waals surface area contributed by atoms with Gasteiger partial charge in [0, 0.05) is 5.56 Å². The van der Waals surface area contributed by atoms with Crippen molar-refractivity contribution in [2.45, 2.75) is 20.8 Å². The quantitative estimate of drug-likeness (QED) is 0.674. The van der Waals surface area contributed by atoms with Crippen molar-refractivity contribution < 1.29 is 23.9 Å². The van der Waals surface area contributed by atoms with Crippen LogP contribution in [-0.4, -0.2) is 63.4 Å². The van der Waals surface area contributed by atoms with Gasteiger partial charge in [-0.25, -0.2) is 0 Å². The molecule has 0 spiro atoms. The molecule has 1 amide bonds. The Morgan fingerprint density at radius 1 is 1.08 bits per heavy atom.